The molecule has 0 unspecified atom stereocenters. The fraction of sp³-hybridized carbons (Fsp3) is 0.688. The Kier molecular flexibility index (Phi) is 11.7. The third-order valence-electron chi connectivity index (χ3n) is 3.26. The van der Waals surface area contributed by atoms with Crippen LogP contribution in [0.5, 0.6) is 0 Å². The molecule has 10 heteroatoms. The summed E-state index contributed by atoms with van der Waals surface area (Å²) in [6.45, 7) is 5.42. The van der Waals surface area contributed by atoms with Crippen molar-refractivity contribution in [2.45, 2.75) is 24.7 Å². The average molecular weight is 410 g/mol. The zero-order valence-corrected chi connectivity index (χ0v) is 16.9. The molecular weight excluding hydrogens is 382 g/mol. The molecule has 1 heterocycles. The summed E-state index contributed by atoms with van der Waals surface area (Å²) in [4.78, 5) is 4.13. The standard InChI is InChI=1S/C16H28ClN3O5S/c1-3-24-8-4-6-18-16-15(12-14(17)13-19-16)26(21,22)20-7-5-9-25-11-10-23-2/h12-13,20H,3-11H2,1-2H3,(H,18,19). The van der Waals surface area contributed by atoms with Crippen molar-refractivity contribution < 1.29 is 22.6 Å². The van der Waals surface area contributed by atoms with Crippen LogP contribution < -0.4 is 10.0 Å². The molecule has 0 aliphatic rings. The lowest BCUT2D eigenvalue weighted by Crippen LogP contribution is -2.27. The second-order valence-electron chi connectivity index (χ2n) is 5.33. The van der Waals surface area contributed by atoms with Crippen LogP contribution in [0.3, 0.4) is 0 Å². The van der Waals surface area contributed by atoms with Gasteiger partial charge >= 0.3 is 0 Å². The van der Waals surface area contributed by atoms with Gasteiger partial charge in [0.05, 0.1) is 18.2 Å². The monoisotopic (exact) mass is 409 g/mol. The minimum absolute atomic E-state index is 0.0294. The van der Waals surface area contributed by atoms with Gasteiger partial charge in [-0.1, -0.05) is 11.6 Å². The molecule has 0 amide bonds. The predicted molar refractivity (Wildman–Crippen MR) is 101 cm³/mol. The van der Waals surface area contributed by atoms with Gasteiger partial charge < -0.3 is 19.5 Å². The first kappa shape index (κ1) is 23.1. The van der Waals surface area contributed by atoms with Crippen LogP contribution >= 0.6 is 11.6 Å². The van der Waals surface area contributed by atoms with Crippen molar-refractivity contribution in [3.63, 3.8) is 0 Å². The zero-order chi connectivity index (χ0) is 19.3. The summed E-state index contributed by atoms with van der Waals surface area (Å²) in [6, 6.07) is 1.39. The van der Waals surface area contributed by atoms with E-state index in [9.17, 15) is 8.42 Å². The molecule has 1 aromatic rings. The van der Waals surface area contributed by atoms with E-state index in [0.29, 0.717) is 46.0 Å². The average Bonchev–Trinajstić information content (AvgIpc) is 2.61. The van der Waals surface area contributed by atoms with Crippen molar-refractivity contribution in [1.82, 2.24) is 9.71 Å². The van der Waals surface area contributed by atoms with Crippen LogP contribution in [0.15, 0.2) is 17.2 Å². The van der Waals surface area contributed by atoms with Crippen molar-refractivity contribution in [1.29, 1.82) is 0 Å². The number of aromatic nitrogens is 1. The number of hydrogen-bond donors (Lipinski definition) is 2. The van der Waals surface area contributed by atoms with E-state index in [0.717, 1.165) is 6.42 Å². The molecule has 0 fully saturated rings. The lowest BCUT2D eigenvalue weighted by atomic mass is 10.4. The third-order valence-corrected chi connectivity index (χ3v) is 4.94. The van der Waals surface area contributed by atoms with Gasteiger partial charge in [-0.2, -0.15) is 0 Å². The molecule has 0 aliphatic carbocycles. The first-order chi connectivity index (χ1) is 12.5. The summed E-state index contributed by atoms with van der Waals surface area (Å²) in [5.74, 6) is 0.273. The van der Waals surface area contributed by atoms with Crippen LogP contribution in [0.2, 0.25) is 5.02 Å². The first-order valence-electron chi connectivity index (χ1n) is 8.54. The Morgan fingerprint density at radius 3 is 2.58 bits per heavy atom. The number of anilines is 1. The predicted octanol–water partition coefficient (Wildman–Crippen LogP) is 1.90. The van der Waals surface area contributed by atoms with E-state index in [-0.39, 0.29) is 22.3 Å². The SMILES string of the molecule is CCOCCCNc1ncc(Cl)cc1S(=O)(=O)NCCCOCCOC. The Hall–Kier alpha value is -0.970. The normalized spacial score (nSPS) is 11.7. The Balaban J connectivity index is 2.56. The number of nitrogens with zero attached hydrogens (tertiary/aromatic N) is 1. The van der Waals surface area contributed by atoms with E-state index in [1.54, 1.807) is 7.11 Å². The van der Waals surface area contributed by atoms with Crippen LogP contribution in [0.25, 0.3) is 0 Å². The quantitative estimate of drug-likeness (QED) is 0.427. The van der Waals surface area contributed by atoms with Gasteiger partial charge in [0, 0.05) is 46.2 Å². The van der Waals surface area contributed by atoms with Gasteiger partial charge in [0.25, 0.3) is 0 Å². The number of sulfonamides is 1. The van der Waals surface area contributed by atoms with Crippen LogP contribution in [0.4, 0.5) is 5.82 Å². The van der Waals surface area contributed by atoms with Gasteiger partial charge in [-0.3, -0.25) is 0 Å². The Bertz CT molecular complexity index is 616. The van der Waals surface area contributed by atoms with Gasteiger partial charge in [-0.25, -0.2) is 18.1 Å². The lowest BCUT2D eigenvalue weighted by molar-refractivity contribution is 0.0699. The summed E-state index contributed by atoms with van der Waals surface area (Å²) in [5, 5.41) is 3.28. The maximum atomic E-state index is 12.5. The fourth-order valence-corrected chi connectivity index (χ4v) is 3.44. The molecule has 0 atom stereocenters. The van der Waals surface area contributed by atoms with Crippen LogP contribution in [-0.2, 0) is 24.2 Å². The number of hydrogen-bond acceptors (Lipinski definition) is 7. The smallest absolute Gasteiger partial charge is 0.244 e. The van der Waals surface area contributed by atoms with Crippen LogP contribution in [0, 0.1) is 0 Å². The Morgan fingerprint density at radius 2 is 1.85 bits per heavy atom. The molecule has 26 heavy (non-hydrogen) atoms. The molecule has 0 radical (unpaired) electrons. The Morgan fingerprint density at radius 1 is 1.12 bits per heavy atom. The topological polar surface area (TPSA) is 98.8 Å². The number of nitrogens with one attached hydrogen (secondary N) is 2. The molecule has 0 aromatic carbocycles. The summed E-state index contributed by atoms with van der Waals surface area (Å²) < 4.78 is 43.1. The molecule has 0 bridgehead atoms. The highest BCUT2D eigenvalue weighted by atomic mass is 35.5. The summed E-state index contributed by atoms with van der Waals surface area (Å²) in [5.41, 5.74) is 0. The molecule has 0 saturated carbocycles. The molecule has 150 valence electrons. The Labute approximate surface area is 160 Å². The second kappa shape index (κ2) is 13.2. The third kappa shape index (κ3) is 9.11. The molecular formula is C16H28ClN3O5S. The van der Waals surface area contributed by atoms with Gasteiger partial charge in [0.15, 0.2) is 0 Å². The minimum Gasteiger partial charge on any atom is -0.382 e. The largest absolute Gasteiger partial charge is 0.382 e. The van der Waals surface area contributed by atoms with Gasteiger partial charge in [0.2, 0.25) is 10.0 Å². The molecule has 2 N–H and O–H groups in total. The molecule has 0 aliphatic heterocycles. The van der Waals surface area contributed by atoms with E-state index in [1.165, 1.54) is 12.3 Å². The number of rotatable bonds is 15. The highest BCUT2D eigenvalue weighted by Gasteiger charge is 2.20. The van der Waals surface area contributed by atoms with Crippen LogP contribution in [-0.4, -0.2) is 66.6 Å². The first-order valence-corrected chi connectivity index (χ1v) is 10.4. The molecule has 0 saturated heterocycles. The number of halogens is 1. The lowest BCUT2D eigenvalue weighted by Gasteiger charge is -2.13. The number of ether oxygens (including phenoxy) is 3. The van der Waals surface area contributed by atoms with Crippen molar-refractivity contribution in [2.24, 2.45) is 0 Å². The maximum Gasteiger partial charge on any atom is 0.244 e. The van der Waals surface area contributed by atoms with Crippen molar-refractivity contribution in [2.75, 3.05) is 58.6 Å². The minimum atomic E-state index is -3.73. The van der Waals surface area contributed by atoms with Crippen molar-refractivity contribution >= 4 is 27.4 Å². The molecule has 1 rings (SSSR count). The second-order valence-corrected chi connectivity index (χ2v) is 7.51. The van der Waals surface area contributed by atoms with Gasteiger partial charge in [-0.15, -0.1) is 0 Å². The van der Waals surface area contributed by atoms with Gasteiger partial charge in [0.1, 0.15) is 10.7 Å². The van der Waals surface area contributed by atoms with Crippen LogP contribution in [0.1, 0.15) is 19.8 Å². The van der Waals surface area contributed by atoms with E-state index in [2.05, 4.69) is 15.0 Å². The number of methoxy groups -OCH3 is 1. The molecule has 0 spiro atoms. The summed E-state index contributed by atoms with van der Waals surface area (Å²) in [7, 11) is -2.13. The highest BCUT2D eigenvalue weighted by molar-refractivity contribution is 7.89. The highest BCUT2D eigenvalue weighted by Crippen LogP contribution is 2.22. The molecule has 8 nitrogen and oxygen atoms in total. The van der Waals surface area contributed by atoms with E-state index in [4.69, 9.17) is 25.8 Å². The van der Waals surface area contributed by atoms with E-state index >= 15 is 0 Å². The van der Waals surface area contributed by atoms with Crippen molar-refractivity contribution in [3.05, 3.63) is 17.3 Å². The van der Waals surface area contributed by atoms with Crippen molar-refractivity contribution in [3.8, 4) is 0 Å². The van der Waals surface area contributed by atoms with E-state index in [1.807, 2.05) is 6.92 Å². The van der Waals surface area contributed by atoms with Gasteiger partial charge in [-0.05, 0) is 25.8 Å². The fourth-order valence-electron chi connectivity index (χ4n) is 1.99. The number of pyridine rings is 1. The summed E-state index contributed by atoms with van der Waals surface area (Å²) >= 11 is 5.92. The van der Waals surface area contributed by atoms with E-state index < -0.39 is 10.0 Å². The zero-order valence-electron chi connectivity index (χ0n) is 15.3. The summed E-state index contributed by atoms with van der Waals surface area (Å²) in [6.07, 6.45) is 2.70. The molecule has 1 aromatic heterocycles. The maximum absolute atomic E-state index is 12.5.